The minimum Gasteiger partial charge on any atom is -0.497 e. The quantitative estimate of drug-likeness (QED) is 0.893. The van der Waals surface area contributed by atoms with E-state index < -0.39 is 10.0 Å². The van der Waals surface area contributed by atoms with Crippen molar-refractivity contribution >= 4 is 10.0 Å². The van der Waals surface area contributed by atoms with Crippen molar-refractivity contribution in [3.63, 3.8) is 0 Å². The summed E-state index contributed by atoms with van der Waals surface area (Å²) in [5.74, 6) is 1.22. The van der Waals surface area contributed by atoms with Crippen LogP contribution in [0.3, 0.4) is 0 Å². The molecule has 1 aliphatic rings. The van der Waals surface area contributed by atoms with E-state index in [0.717, 1.165) is 19.3 Å². The fraction of sp³-hybridized carbons (Fsp3) is 0.571. The number of rotatable bonds is 5. The fourth-order valence-corrected chi connectivity index (χ4v) is 4.04. The molecule has 1 heterocycles. The summed E-state index contributed by atoms with van der Waals surface area (Å²) in [7, 11) is -1.82. The largest absolute Gasteiger partial charge is 0.497 e. The Morgan fingerprint density at radius 3 is 2.35 bits per heavy atom. The third-order valence-electron chi connectivity index (χ3n) is 3.85. The Morgan fingerprint density at radius 2 is 1.85 bits per heavy atom. The molecule has 0 aromatic heterocycles. The Balaban J connectivity index is 2.07. The molecule has 0 unspecified atom stereocenters. The monoisotopic (exact) mass is 298 g/mol. The minimum atomic E-state index is -3.38. The molecule has 0 spiro atoms. The van der Waals surface area contributed by atoms with Gasteiger partial charge in [0.05, 0.1) is 12.0 Å². The molecule has 0 bridgehead atoms. The summed E-state index contributed by atoms with van der Waals surface area (Å²) >= 11 is 0. The van der Waals surface area contributed by atoms with Gasteiger partial charge in [-0.3, -0.25) is 0 Å². The Bertz CT molecular complexity index is 520. The van der Waals surface area contributed by atoms with Crippen LogP contribution in [0.5, 0.6) is 5.75 Å². The van der Waals surface area contributed by atoms with Gasteiger partial charge in [0.25, 0.3) is 0 Å². The lowest BCUT2D eigenvalue weighted by molar-refractivity contribution is 0.266. The first kappa shape index (κ1) is 15.3. The third-order valence-corrected chi connectivity index (χ3v) is 5.76. The highest BCUT2D eigenvalue weighted by Crippen LogP contribution is 2.26. The van der Waals surface area contributed by atoms with Crippen molar-refractivity contribution in [3.8, 4) is 5.75 Å². The molecule has 112 valence electrons. The average molecular weight is 298 g/mol. The molecule has 0 radical (unpaired) electrons. The predicted molar refractivity (Wildman–Crippen MR) is 78.1 cm³/mol. The van der Waals surface area contributed by atoms with Crippen LogP contribution in [0.15, 0.2) is 29.2 Å². The lowest BCUT2D eigenvalue weighted by atomic mass is 9.95. The van der Waals surface area contributed by atoms with Crippen LogP contribution < -0.4 is 10.5 Å². The van der Waals surface area contributed by atoms with Crippen molar-refractivity contribution in [2.45, 2.75) is 24.2 Å². The van der Waals surface area contributed by atoms with Gasteiger partial charge in [-0.2, -0.15) is 4.31 Å². The summed E-state index contributed by atoms with van der Waals surface area (Å²) in [4.78, 5) is 0.329. The van der Waals surface area contributed by atoms with Gasteiger partial charge < -0.3 is 10.5 Å². The first-order valence-electron chi connectivity index (χ1n) is 6.92. The third kappa shape index (κ3) is 3.31. The van der Waals surface area contributed by atoms with Crippen LogP contribution >= 0.6 is 0 Å². The van der Waals surface area contributed by atoms with E-state index in [0.29, 0.717) is 36.2 Å². The highest BCUT2D eigenvalue weighted by Gasteiger charge is 2.28. The molecule has 1 aliphatic heterocycles. The Morgan fingerprint density at radius 1 is 1.25 bits per heavy atom. The summed E-state index contributed by atoms with van der Waals surface area (Å²) in [6, 6.07) is 6.54. The van der Waals surface area contributed by atoms with E-state index in [-0.39, 0.29) is 0 Å². The minimum absolute atomic E-state index is 0.329. The van der Waals surface area contributed by atoms with Gasteiger partial charge in [-0.1, -0.05) is 0 Å². The zero-order chi connectivity index (χ0) is 14.6. The van der Waals surface area contributed by atoms with Crippen LogP contribution in [0.2, 0.25) is 0 Å². The van der Waals surface area contributed by atoms with E-state index in [1.54, 1.807) is 35.7 Å². The summed E-state index contributed by atoms with van der Waals surface area (Å²) in [5.41, 5.74) is 5.55. The normalized spacial score (nSPS) is 18.1. The van der Waals surface area contributed by atoms with Crippen molar-refractivity contribution in [3.05, 3.63) is 24.3 Å². The van der Waals surface area contributed by atoms with Gasteiger partial charge in [0.2, 0.25) is 10.0 Å². The first-order valence-corrected chi connectivity index (χ1v) is 8.36. The maximum atomic E-state index is 12.5. The molecule has 1 fully saturated rings. The zero-order valence-corrected chi connectivity index (χ0v) is 12.6. The fourth-order valence-electron chi connectivity index (χ4n) is 2.57. The molecule has 0 aliphatic carbocycles. The molecule has 2 rings (SSSR count). The lowest BCUT2D eigenvalue weighted by Gasteiger charge is -2.31. The molecule has 0 saturated carbocycles. The van der Waals surface area contributed by atoms with Gasteiger partial charge in [0.1, 0.15) is 5.75 Å². The lowest BCUT2D eigenvalue weighted by Crippen LogP contribution is -2.38. The maximum absolute atomic E-state index is 12.5. The van der Waals surface area contributed by atoms with Crippen molar-refractivity contribution in [1.82, 2.24) is 4.31 Å². The Labute approximate surface area is 120 Å². The van der Waals surface area contributed by atoms with Crippen LogP contribution in [-0.4, -0.2) is 39.5 Å². The molecule has 5 nitrogen and oxygen atoms in total. The number of nitrogens with two attached hydrogens (primary N) is 1. The second-order valence-corrected chi connectivity index (χ2v) is 7.04. The molecular weight excluding hydrogens is 276 g/mol. The van der Waals surface area contributed by atoms with Gasteiger partial charge in [0.15, 0.2) is 0 Å². The van der Waals surface area contributed by atoms with Crippen molar-refractivity contribution in [2.75, 3.05) is 26.7 Å². The van der Waals surface area contributed by atoms with Crippen LogP contribution in [0.1, 0.15) is 19.3 Å². The molecule has 1 aromatic carbocycles. The van der Waals surface area contributed by atoms with E-state index in [4.69, 9.17) is 10.5 Å². The molecule has 0 amide bonds. The number of ether oxygens (including phenoxy) is 1. The topological polar surface area (TPSA) is 72.6 Å². The zero-order valence-electron chi connectivity index (χ0n) is 11.8. The first-order chi connectivity index (χ1) is 9.57. The highest BCUT2D eigenvalue weighted by atomic mass is 32.2. The SMILES string of the molecule is COc1ccc(S(=O)(=O)N2CCC(CCN)CC2)cc1. The van der Waals surface area contributed by atoms with Crippen LogP contribution in [0, 0.1) is 5.92 Å². The van der Waals surface area contributed by atoms with Gasteiger partial charge in [-0.15, -0.1) is 0 Å². The molecule has 1 aromatic rings. The van der Waals surface area contributed by atoms with E-state index in [2.05, 4.69) is 0 Å². The smallest absolute Gasteiger partial charge is 0.243 e. The van der Waals surface area contributed by atoms with E-state index in [1.165, 1.54) is 0 Å². The number of hydrogen-bond acceptors (Lipinski definition) is 4. The van der Waals surface area contributed by atoms with Gasteiger partial charge in [0, 0.05) is 13.1 Å². The van der Waals surface area contributed by atoms with E-state index in [9.17, 15) is 8.42 Å². The van der Waals surface area contributed by atoms with Crippen molar-refractivity contribution in [1.29, 1.82) is 0 Å². The van der Waals surface area contributed by atoms with Crippen LogP contribution in [0.4, 0.5) is 0 Å². The van der Waals surface area contributed by atoms with Gasteiger partial charge in [-0.25, -0.2) is 8.42 Å². The number of hydrogen-bond donors (Lipinski definition) is 1. The maximum Gasteiger partial charge on any atom is 0.243 e. The van der Waals surface area contributed by atoms with Crippen molar-refractivity contribution < 1.29 is 13.2 Å². The second-order valence-electron chi connectivity index (χ2n) is 5.10. The number of benzene rings is 1. The van der Waals surface area contributed by atoms with Crippen LogP contribution in [0.25, 0.3) is 0 Å². The molecular formula is C14H22N2O3S. The second kappa shape index (κ2) is 6.56. The molecule has 2 N–H and O–H groups in total. The van der Waals surface area contributed by atoms with Gasteiger partial charge >= 0.3 is 0 Å². The van der Waals surface area contributed by atoms with E-state index >= 15 is 0 Å². The summed E-state index contributed by atoms with van der Waals surface area (Å²) in [5, 5.41) is 0. The van der Waals surface area contributed by atoms with Crippen molar-refractivity contribution in [2.24, 2.45) is 11.7 Å². The number of sulfonamides is 1. The molecule has 20 heavy (non-hydrogen) atoms. The summed E-state index contributed by atoms with van der Waals surface area (Å²) in [6.45, 7) is 1.84. The Hall–Kier alpha value is -1.11. The average Bonchev–Trinajstić information content (AvgIpc) is 2.48. The number of nitrogens with zero attached hydrogens (tertiary/aromatic N) is 1. The van der Waals surface area contributed by atoms with E-state index in [1.807, 2.05) is 0 Å². The molecule has 0 atom stereocenters. The van der Waals surface area contributed by atoms with Gasteiger partial charge in [-0.05, 0) is 56.0 Å². The summed E-state index contributed by atoms with van der Waals surface area (Å²) < 4.78 is 31.6. The predicted octanol–water partition coefficient (Wildman–Crippen LogP) is 1.44. The standard InChI is InChI=1S/C14H22N2O3S/c1-19-13-2-4-14(5-3-13)20(17,18)16-10-7-12(6-9-15)8-11-16/h2-5,12H,6-11,15H2,1H3. The molecule has 6 heteroatoms. The summed E-state index contributed by atoms with van der Waals surface area (Å²) in [6.07, 6.45) is 2.77. The number of piperidine rings is 1. The number of methoxy groups -OCH3 is 1. The van der Waals surface area contributed by atoms with Crippen LogP contribution in [-0.2, 0) is 10.0 Å². The molecule has 1 saturated heterocycles. The Kier molecular flexibility index (Phi) is 5.01. The highest BCUT2D eigenvalue weighted by molar-refractivity contribution is 7.89.